The summed E-state index contributed by atoms with van der Waals surface area (Å²) in [5, 5.41) is 1.47. The zero-order chi connectivity index (χ0) is 12.8. The molecule has 1 aromatic rings. The van der Waals surface area contributed by atoms with Crippen molar-refractivity contribution in [3.05, 3.63) is 28.8 Å². The Bertz CT molecular complexity index is 378. The van der Waals surface area contributed by atoms with Gasteiger partial charge < -0.3 is 9.47 Å². The summed E-state index contributed by atoms with van der Waals surface area (Å²) in [7, 11) is 0. The van der Waals surface area contributed by atoms with E-state index in [-0.39, 0.29) is 0 Å². The molecule has 0 aromatic heterocycles. The Morgan fingerprint density at radius 3 is 3.06 bits per heavy atom. The first-order valence-corrected chi connectivity index (χ1v) is 7.89. The third-order valence-corrected chi connectivity index (χ3v) is 4.08. The minimum Gasteiger partial charge on any atom is -0.493 e. The fraction of sp³-hybridized carbons (Fsp3) is 0.571. The molecule has 1 aliphatic heterocycles. The highest BCUT2D eigenvalue weighted by atomic mass is 79.9. The normalized spacial score (nSPS) is 19.1. The van der Waals surface area contributed by atoms with Crippen molar-refractivity contribution >= 4 is 27.5 Å². The molecule has 1 atom stereocenters. The third kappa shape index (κ3) is 3.87. The first-order chi connectivity index (χ1) is 8.81. The number of benzene rings is 1. The van der Waals surface area contributed by atoms with Gasteiger partial charge in [-0.15, -0.1) is 0 Å². The molecule has 1 aliphatic rings. The quantitative estimate of drug-likeness (QED) is 0.560. The summed E-state index contributed by atoms with van der Waals surface area (Å²) in [6.45, 7) is 1.65. The van der Waals surface area contributed by atoms with Crippen LogP contribution in [0, 0.1) is 0 Å². The molecule has 1 heterocycles. The summed E-state index contributed by atoms with van der Waals surface area (Å²) >= 11 is 9.55. The Balaban J connectivity index is 1.77. The van der Waals surface area contributed by atoms with E-state index in [2.05, 4.69) is 15.9 Å². The van der Waals surface area contributed by atoms with E-state index in [1.54, 1.807) is 0 Å². The Hall–Kier alpha value is -0.250. The highest BCUT2D eigenvalue weighted by molar-refractivity contribution is 9.08. The van der Waals surface area contributed by atoms with Gasteiger partial charge in [0.2, 0.25) is 0 Å². The van der Waals surface area contributed by atoms with E-state index >= 15 is 0 Å². The molecule has 0 bridgehead atoms. The summed E-state index contributed by atoms with van der Waals surface area (Å²) in [5.41, 5.74) is 1.02. The Morgan fingerprint density at radius 1 is 1.44 bits per heavy atom. The maximum atomic E-state index is 6.12. The van der Waals surface area contributed by atoms with Gasteiger partial charge in [-0.3, -0.25) is 0 Å². The van der Waals surface area contributed by atoms with E-state index in [9.17, 15) is 0 Å². The summed E-state index contributed by atoms with van der Waals surface area (Å²) < 4.78 is 11.4. The molecular weight excluding hydrogens is 316 g/mol. The molecule has 1 saturated heterocycles. The van der Waals surface area contributed by atoms with E-state index in [4.69, 9.17) is 21.1 Å². The fourth-order valence-electron chi connectivity index (χ4n) is 2.17. The van der Waals surface area contributed by atoms with Crippen LogP contribution < -0.4 is 4.74 Å². The fourth-order valence-corrected chi connectivity index (χ4v) is 3.14. The Morgan fingerprint density at radius 2 is 2.33 bits per heavy atom. The second-order valence-electron chi connectivity index (χ2n) is 4.48. The standard InChI is InChI=1S/C14H18BrClO2/c15-10-12-13(16)6-1-7-14(12)18-9-3-5-11-4-2-8-17-11/h1,6-7,11H,2-5,8-10H2. The molecule has 0 spiro atoms. The van der Waals surface area contributed by atoms with Gasteiger partial charge in [0.15, 0.2) is 0 Å². The number of alkyl halides is 1. The van der Waals surface area contributed by atoms with Crippen LogP contribution in [0.2, 0.25) is 5.02 Å². The van der Waals surface area contributed by atoms with E-state index < -0.39 is 0 Å². The van der Waals surface area contributed by atoms with Gasteiger partial charge in [0.1, 0.15) is 5.75 Å². The molecule has 0 aliphatic carbocycles. The lowest BCUT2D eigenvalue weighted by Crippen LogP contribution is -2.08. The van der Waals surface area contributed by atoms with Crippen LogP contribution in [0.1, 0.15) is 31.2 Å². The van der Waals surface area contributed by atoms with E-state index in [1.807, 2.05) is 18.2 Å². The average molecular weight is 334 g/mol. The van der Waals surface area contributed by atoms with Crippen molar-refractivity contribution in [1.29, 1.82) is 0 Å². The number of hydrogen-bond acceptors (Lipinski definition) is 2. The molecule has 18 heavy (non-hydrogen) atoms. The SMILES string of the molecule is Clc1cccc(OCCCC2CCCO2)c1CBr. The van der Waals surface area contributed by atoms with Crippen LogP contribution in [0.25, 0.3) is 0 Å². The summed E-state index contributed by atoms with van der Waals surface area (Å²) in [6.07, 6.45) is 4.96. The largest absolute Gasteiger partial charge is 0.493 e. The van der Waals surface area contributed by atoms with Crippen LogP contribution in [0.3, 0.4) is 0 Å². The summed E-state index contributed by atoms with van der Waals surface area (Å²) in [5.74, 6) is 0.881. The molecule has 1 unspecified atom stereocenters. The molecule has 0 N–H and O–H groups in total. The lowest BCUT2D eigenvalue weighted by Gasteiger charge is -2.12. The van der Waals surface area contributed by atoms with Crippen molar-refractivity contribution in [2.45, 2.75) is 37.1 Å². The number of rotatable bonds is 6. The van der Waals surface area contributed by atoms with Crippen molar-refractivity contribution in [3.8, 4) is 5.75 Å². The van der Waals surface area contributed by atoms with Gasteiger partial charge in [-0.25, -0.2) is 0 Å². The van der Waals surface area contributed by atoms with Gasteiger partial charge in [0.25, 0.3) is 0 Å². The highest BCUT2D eigenvalue weighted by Gasteiger charge is 2.14. The predicted octanol–water partition coefficient (Wildman–Crippen LogP) is 4.57. The molecule has 0 saturated carbocycles. The van der Waals surface area contributed by atoms with Crippen LogP contribution in [-0.2, 0) is 10.1 Å². The number of halogens is 2. The molecule has 0 radical (unpaired) electrons. The van der Waals surface area contributed by atoms with Crippen molar-refractivity contribution in [3.63, 3.8) is 0 Å². The lowest BCUT2D eigenvalue weighted by molar-refractivity contribution is 0.0981. The number of ether oxygens (including phenoxy) is 2. The van der Waals surface area contributed by atoms with Crippen LogP contribution in [0.4, 0.5) is 0 Å². The minimum atomic E-state index is 0.448. The van der Waals surface area contributed by atoms with E-state index in [0.717, 1.165) is 42.4 Å². The molecule has 1 aromatic carbocycles. The molecule has 100 valence electrons. The average Bonchev–Trinajstić information content (AvgIpc) is 2.88. The summed E-state index contributed by atoms with van der Waals surface area (Å²) in [4.78, 5) is 0. The van der Waals surface area contributed by atoms with Crippen molar-refractivity contribution in [1.82, 2.24) is 0 Å². The molecule has 2 rings (SSSR count). The van der Waals surface area contributed by atoms with Gasteiger partial charge in [-0.05, 0) is 37.8 Å². The van der Waals surface area contributed by atoms with Crippen LogP contribution >= 0.6 is 27.5 Å². The van der Waals surface area contributed by atoms with E-state index in [1.165, 1.54) is 12.8 Å². The monoisotopic (exact) mass is 332 g/mol. The smallest absolute Gasteiger partial charge is 0.124 e. The second kappa shape index (κ2) is 7.37. The molecular formula is C14H18BrClO2. The molecule has 2 nitrogen and oxygen atoms in total. The molecule has 4 heteroatoms. The van der Waals surface area contributed by atoms with Crippen LogP contribution in [-0.4, -0.2) is 19.3 Å². The third-order valence-electron chi connectivity index (χ3n) is 3.16. The Kier molecular flexibility index (Phi) is 5.80. The predicted molar refractivity (Wildman–Crippen MR) is 77.8 cm³/mol. The first-order valence-electron chi connectivity index (χ1n) is 6.39. The van der Waals surface area contributed by atoms with Gasteiger partial charge in [-0.2, -0.15) is 0 Å². The van der Waals surface area contributed by atoms with Gasteiger partial charge in [0.05, 0.1) is 12.7 Å². The van der Waals surface area contributed by atoms with Gasteiger partial charge in [0, 0.05) is 22.5 Å². The molecule has 0 amide bonds. The summed E-state index contributed by atoms with van der Waals surface area (Å²) in [6, 6.07) is 5.77. The van der Waals surface area contributed by atoms with Gasteiger partial charge in [-0.1, -0.05) is 33.6 Å². The zero-order valence-corrected chi connectivity index (χ0v) is 12.7. The number of hydrogen-bond donors (Lipinski definition) is 0. The topological polar surface area (TPSA) is 18.5 Å². The maximum Gasteiger partial charge on any atom is 0.124 e. The van der Waals surface area contributed by atoms with Crippen molar-refractivity contribution in [2.75, 3.05) is 13.2 Å². The second-order valence-corrected chi connectivity index (χ2v) is 5.44. The lowest BCUT2D eigenvalue weighted by atomic mass is 10.1. The first kappa shape index (κ1) is 14.2. The minimum absolute atomic E-state index is 0.448. The highest BCUT2D eigenvalue weighted by Crippen LogP contribution is 2.28. The van der Waals surface area contributed by atoms with Crippen molar-refractivity contribution in [2.24, 2.45) is 0 Å². The van der Waals surface area contributed by atoms with Crippen molar-refractivity contribution < 1.29 is 9.47 Å². The molecule has 1 fully saturated rings. The van der Waals surface area contributed by atoms with Gasteiger partial charge >= 0.3 is 0 Å². The van der Waals surface area contributed by atoms with E-state index in [0.29, 0.717) is 11.4 Å². The zero-order valence-electron chi connectivity index (χ0n) is 10.3. The van der Waals surface area contributed by atoms with Crippen LogP contribution in [0.5, 0.6) is 5.75 Å². The van der Waals surface area contributed by atoms with Crippen LogP contribution in [0.15, 0.2) is 18.2 Å². The maximum absolute atomic E-state index is 6.12. The Labute approximate surface area is 122 Å².